The third kappa shape index (κ3) is 3.98. The number of rotatable bonds is 8. The van der Waals surface area contributed by atoms with Crippen LogP contribution >= 0.6 is 0 Å². The van der Waals surface area contributed by atoms with Crippen molar-refractivity contribution >= 4 is 5.91 Å². The molecule has 0 aliphatic heterocycles. The first kappa shape index (κ1) is 27.4. The number of aliphatic hydroxyl groups excluding tert-OH is 1. The van der Waals surface area contributed by atoms with Gasteiger partial charge in [-0.3, -0.25) is 4.79 Å². The van der Waals surface area contributed by atoms with Gasteiger partial charge in [-0.2, -0.15) is 9.81 Å². The van der Waals surface area contributed by atoms with Gasteiger partial charge in [0.25, 0.3) is 0 Å². The van der Waals surface area contributed by atoms with E-state index in [1.807, 2.05) is 0 Å². The fraction of sp³-hybridized carbons (Fsp3) is 0.893. The van der Waals surface area contributed by atoms with E-state index in [9.17, 15) is 19.7 Å². The predicted octanol–water partition coefficient (Wildman–Crippen LogP) is 4.69. The molecule has 0 aromatic heterocycles. The number of nitrogens with one attached hydrogen (secondary N) is 1. The van der Waals surface area contributed by atoms with Crippen LogP contribution in [-0.4, -0.2) is 42.8 Å². The zero-order valence-corrected chi connectivity index (χ0v) is 22.6. The molecule has 8 nitrogen and oxygen atoms in total. The topological polar surface area (TPSA) is 134 Å². The number of amides is 1. The Labute approximate surface area is 215 Å². The molecule has 8 heteroatoms. The molecule has 1 amide bonds. The van der Waals surface area contributed by atoms with Gasteiger partial charge in [0.2, 0.25) is 5.91 Å². The summed E-state index contributed by atoms with van der Waals surface area (Å²) in [6.45, 7) is 9.87. The van der Waals surface area contributed by atoms with Crippen molar-refractivity contribution in [3.63, 3.8) is 0 Å². The van der Waals surface area contributed by atoms with Gasteiger partial charge in [0.15, 0.2) is 0 Å². The Balaban J connectivity index is 1.65. The van der Waals surface area contributed by atoms with E-state index in [0.717, 1.165) is 50.5 Å². The Morgan fingerprint density at radius 2 is 1.92 bits per heavy atom. The van der Waals surface area contributed by atoms with Crippen LogP contribution in [-0.2, 0) is 4.79 Å². The maximum Gasteiger partial charge on any atom is 0.224 e. The average Bonchev–Trinajstić information content (AvgIpc) is 3.21. The van der Waals surface area contributed by atoms with Crippen molar-refractivity contribution in [3.05, 3.63) is 21.0 Å². The zero-order valence-electron chi connectivity index (χ0n) is 22.6. The molecule has 0 radical (unpaired) electrons. The predicted molar refractivity (Wildman–Crippen MR) is 141 cm³/mol. The van der Waals surface area contributed by atoms with Crippen LogP contribution in [0.4, 0.5) is 0 Å². The number of carbonyl (C=O) groups excluding carboxylic acids is 1. The van der Waals surface area contributed by atoms with E-state index >= 15 is 0 Å². The molecule has 6 unspecified atom stereocenters. The molecular weight excluding hydrogens is 456 g/mol. The molecule has 4 fully saturated rings. The molecule has 0 saturated heterocycles. The first-order chi connectivity index (χ1) is 17.1. The van der Waals surface area contributed by atoms with E-state index in [1.165, 1.54) is 5.57 Å². The van der Waals surface area contributed by atoms with Crippen LogP contribution in [0.1, 0.15) is 85.5 Å². The van der Waals surface area contributed by atoms with Gasteiger partial charge in [-0.05, 0) is 98.3 Å². The second kappa shape index (κ2) is 10.2. The highest BCUT2D eigenvalue weighted by molar-refractivity contribution is 5.78. The van der Waals surface area contributed by atoms with E-state index in [4.69, 9.17) is 5.73 Å². The number of fused-ring (bicyclic) bond motifs is 5. The van der Waals surface area contributed by atoms with Gasteiger partial charge < -0.3 is 16.2 Å². The first-order valence-corrected chi connectivity index (χ1v) is 14.1. The van der Waals surface area contributed by atoms with E-state index in [2.05, 4.69) is 43.4 Å². The highest BCUT2D eigenvalue weighted by atomic mass is 16.3. The largest absolute Gasteiger partial charge is 0.393 e. The van der Waals surface area contributed by atoms with Gasteiger partial charge >= 0.3 is 0 Å². The van der Waals surface area contributed by atoms with Crippen LogP contribution in [0.25, 0.3) is 0 Å². The third-order valence-electron chi connectivity index (χ3n) is 11.6. The second-order valence-electron chi connectivity index (χ2n) is 12.7. The number of carbonyl (C=O) groups is 1. The van der Waals surface area contributed by atoms with Gasteiger partial charge in [0.1, 0.15) is 0 Å². The van der Waals surface area contributed by atoms with Crippen molar-refractivity contribution in [2.45, 2.75) is 97.6 Å². The molecule has 4 aliphatic carbocycles. The average molecular weight is 503 g/mol. The maximum absolute atomic E-state index is 12.5. The summed E-state index contributed by atoms with van der Waals surface area (Å²) in [7, 11) is 0. The van der Waals surface area contributed by atoms with Crippen molar-refractivity contribution < 1.29 is 9.90 Å². The Hall–Kier alpha value is -1.67. The van der Waals surface area contributed by atoms with Crippen LogP contribution in [0.3, 0.4) is 0 Å². The zero-order chi connectivity index (χ0) is 26.3. The lowest BCUT2D eigenvalue weighted by Gasteiger charge is -2.69. The highest BCUT2D eigenvalue weighted by Gasteiger charge is 2.69. The molecule has 0 heterocycles. The Kier molecular flexibility index (Phi) is 7.78. The summed E-state index contributed by atoms with van der Waals surface area (Å²) in [5.41, 5.74) is 8.80. The number of nitrogens with zero attached hydrogens (tertiary/aromatic N) is 2. The van der Waals surface area contributed by atoms with E-state index < -0.39 is 6.10 Å². The lowest BCUT2D eigenvalue weighted by molar-refractivity contribution is -0.232. The Morgan fingerprint density at radius 1 is 1.17 bits per heavy atom. The van der Waals surface area contributed by atoms with Crippen molar-refractivity contribution in [2.75, 3.05) is 19.6 Å². The summed E-state index contributed by atoms with van der Waals surface area (Å²) in [6, 6.07) is -0.203. The van der Waals surface area contributed by atoms with Crippen molar-refractivity contribution in [1.82, 2.24) is 5.32 Å². The monoisotopic (exact) mass is 502 g/mol. The van der Waals surface area contributed by atoms with Crippen LogP contribution < -0.4 is 11.1 Å². The molecule has 202 valence electrons. The summed E-state index contributed by atoms with van der Waals surface area (Å²) in [4.78, 5) is 34.4. The normalized spacial score (nSPS) is 45.2. The maximum atomic E-state index is 12.5. The van der Waals surface area contributed by atoms with E-state index in [-0.39, 0.29) is 53.1 Å². The smallest absolute Gasteiger partial charge is 0.224 e. The molecule has 0 aromatic rings. The van der Waals surface area contributed by atoms with Crippen LogP contribution in [0.5, 0.6) is 0 Å². The molecule has 4 N–H and O–H groups in total. The third-order valence-corrected chi connectivity index (χ3v) is 11.6. The van der Waals surface area contributed by atoms with Crippen LogP contribution in [0.15, 0.2) is 21.5 Å². The molecule has 0 spiro atoms. The van der Waals surface area contributed by atoms with E-state index in [0.29, 0.717) is 31.2 Å². The summed E-state index contributed by atoms with van der Waals surface area (Å²) in [6.07, 6.45) is 7.33. The molecule has 9 atom stereocenters. The first-order valence-electron chi connectivity index (χ1n) is 14.1. The lowest BCUT2D eigenvalue weighted by atomic mass is 9.36. The van der Waals surface area contributed by atoms with Gasteiger partial charge in [0.05, 0.1) is 18.7 Å². The number of nitrogens with two attached hydrogens (primary N) is 1. The minimum Gasteiger partial charge on any atom is -0.393 e. The van der Waals surface area contributed by atoms with Crippen LogP contribution in [0, 0.1) is 49.7 Å². The standard InChI is InChI=1S/C28H46N4O4/c1-5-19-25(34)24-21-7-6-20(17(2)14-23(33)30-12-13-31-35)26(21,3)10-9-22(24)27(4)11-8-18(32-36)15-28(19,27)16-29/h18-19,21-22,24-25,34H,5-16,29H2,1-4H3,(H,30,33)/b20-17+/t18-,19+,21?,22?,24?,25-,26?,27?,28?/m1/s1. The Bertz CT molecular complexity index is 908. The SMILES string of the molecule is CC[C@H]1[C@@H](O)C2C3CC/C(=C(/C)CC(=O)NCCN=O)C3(C)CCC2C2(C)CC[C@@H](N=O)CC12CN. The molecular formula is C28H46N4O4. The highest BCUT2D eigenvalue weighted by Crippen LogP contribution is 2.72. The summed E-state index contributed by atoms with van der Waals surface area (Å²) >= 11 is 0. The summed E-state index contributed by atoms with van der Waals surface area (Å²) in [5, 5.41) is 21.1. The fourth-order valence-corrected chi connectivity index (χ4v) is 9.97. The fourth-order valence-electron chi connectivity index (χ4n) is 9.97. The van der Waals surface area contributed by atoms with Gasteiger partial charge in [-0.15, -0.1) is 0 Å². The quantitative estimate of drug-likeness (QED) is 0.251. The molecule has 36 heavy (non-hydrogen) atoms. The molecule has 0 aromatic carbocycles. The molecule has 4 rings (SSSR count). The van der Waals surface area contributed by atoms with Crippen LogP contribution in [0.2, 0.25) is 0 Å². The number of hydrogen-bond donors (Lipinski definition) is 3. The van der Waals surface area contributed by atoms with Crippen molar-refractivity contribution in [1.29, 1.82) is 0 Å². The number of nitroso groups, excluding NO2 is 2. The molecule has 4 saturated carbocycles. The lowest BCUT2D eigenvalue weighted by Crippen LogP contribution is -2.69. The second-order valence-corrected chi connectivity index (χ2v) is 12.7. The summed E-state index contributed by atoms with van der Waals surface area (Å²) in [5.74, 6) is 0.961. The number of hydrogen-bond acceptors (Lipinski definition) is 7. The molecule has 4 aliphatic rings. The van der Waals surface area contributed by atoms with Crippen molar-refractivity contribution in [2.24, 2.45) is 56.0 Å². The van der Waals surface area contributed by atoms with Gasteiger partial charge in [-0.25, -0.2) is 0 Å². The van der Waals surface area contributed by atoms with Gasteiger partial charge in [0, 0.05) is 13.0 Å². The van der Waals surface area contributed by atoms with E-state index in [1.54, 1.807) is 0 Å². The van der Waals surface area contributed by atoms with Crippen molar-refractivity contribution in [3.8, 4) is 0 Å². The Morgan fingerprint density at radius 3 is 2.56 bits per heavy atom. The summed E-state index contributed by atoms with van der Waals surface area (Å²) < 4.78 is 0. The minimum absolute atomic E-state index is 0.0111. The minimum atomic E-state index is -0.439. The molecule has 0 bridgehead atoms. The van der Waals surface area contributed by atoms with Gasteiger partial charge in [-0.1, -0.05) is 48.7 Å². The number of aliphatic hydroxyl groups is 1. The number of allylic oxidation sites excluding steroid dienone is 1.